The van der Waals surface area contributed by atoms with Crippen LogP contribution in [0.2, 0.25) is 5.02 Å². The van der Waals surface area contributed by atoms with Crippen LogP contribution in [0, 0.1) is 0 Å². The number of thiophene rings is 1. The molecule has 186 valence electrons. The third kappa shape index (κ3) is 5.37. The van der Waals surface area contributed by atoms with E-state index in [9.17, 15) is 4.79 Å². The predicted octanol–water partition coefficient (Wildman–Crippen LogP) is 6.36. The van der Waals surface area contributed by atoms with E-state index in [-0.39, 0.29) is 6.09 Å². The fourth-order valence-electron chi connectivity index (χ4n) is 3.97. The van der Waals surface area contributed by atoms with Crippen LogP contribution in [0.4, 0.5) is 16.3 Å². The molecule has 4 aromatic rings. The Morgan fingerprint density at radius 2 is 2.06 bits per heavy atom. The Labute approximate surface area is 218 Å². The number of ether oxygens (including phenoxy) is 2. The van der Waals surface area contributed by atoms with Crippen molar-refractivity contribution in [2.24, 2.45) is 0 Å². The summed E-state index contributed by atoms with van der Waals surface area (Å²) in [5.41, 5.74) is 2.25. The summed E-state index contributed by atoms with van der Waals surface area (Å²) >= 11 is 8.08. The molecule has 0 atom stereocenters. The molecule has 0 saturated carbocycles. The molecule has 0 unspecified atom stereocenters. The standard InChI is InChI=1S/C26H26ClN5O3S/c1-26(2,3)35-25(33)32-11-9-18-21(13-32)36-24-22(18)23(29-15-30-24)31-16-7-8-20(19(27)12-16)34-14-17-6-4-5-10-28-17/h4-8,10,12,15H,9,11,13-14H2,1-3H3,(H,29,30,31). The molecule has 8 nitrogen and oxygen atoms in total. The molecule has 0 spiro atoms. The summed E-state index contributed by atoms with van der Waals surface area (Å²) in [4.78, 5) is 29.6. The maximum atomic E-state index is 12.6. The van der Waals surface area contributed by atoms with E-state index in [1.807, 2.05) is 57.2 Å². The highest BCUT2D eigenvalue weighted by molar-refractivity contribution is 7.19. The smallest absolute Gasteiger partial charge is 0.410 e. The Bertz CT molecular complexity index is 1400. The van der Waals surface area contributed by atoms with E-state index < -0.39 is 5.60 Å². The number of halogens is 1. The molecule has 10 heteroatoms. The molecule has 1 aliphatic rings. The van der Waals surface area contributed by atoms with Gasteiger partial charge in [0.15, 0.2) is 0 Å². The van der Waals surface area contributed by atoms with Gasteiger partial charge in [0.25, 0.3) is 0 Å². The van der Waals surface area contributed by atoms with Crippen LogP contribution in [0.15, 0.2) is 48.9 Å². The molecule has 0 bridgehead atoms. The Hall–Kier alpha value is -3.43. The summed E-state index contributed by atoms with van der Waals surface area (Å²) in [7, 11) is 0. The van der Waals surface area contributed by atoms with Crippen LogP contribution in [0.3, 0.4) is 0 Å². The molecule has 1 aromatic carbocycles. The molecule has 4 heterocycles. The fourth-order valence-corrected chi connectivity index (χ4v) is 5.41. The predicted molar refractivity (Wildman–Crippen MR) is 141 cm³/mol. The molecule has 0 radical (unpaired) electrons. The topological polar surface area (TPSA) is 89.5 Å². The van der Waals surface area contributed by atoms with Gasteiger partial charge in [-0.2, -0.15) is 0 Å². The molecular formula is C26H26ClN5O3S. The second-order valence-electron chi connectivity index (χ2n) is 9.44. The summed E-state index contributed by atoms with van der Waals surface area (Å²) in [6.07, 6.45) is 3.69. The molecule has 0 saturated heterocycles. The van der Waals surface area contributed by atoms with E-state index in [1.165, 1.54) is 5.56 Å². The van der Waals surface area contributed by atoms with Gasteiger partial charge in [-0.15, -0.1) is 11.3 Å². The lowest BCUT2D eigenvalue weighted by atomic mass is 10.1. The largest absolute Gasteiger partial charge is 0.486 e. The number of anilines is 2. The molecule has 0 fully saturated rings. The molecule has 0 aliphatic carbocycles. The molecule has 3 aromatic heterocycles. The first-order valence-corrected chi connectivity index (χ1v) is 12.8. The van der Waals surface area contributed by atoms with Crippen LogP contribution < -0.4 is 10.1 Å². The van der Waals surface area contributed by atoms with Gasteiger partial charge in [-0.3, -0.25) is 4.98 Å². The van der Waals surface area contributed by atoms with E-state index in [4.69, 9.17) is 21.1 Å². The number of nitrogens with one attached hydrogen (secondary N) is 1. The number of hydrogen-bond donors (Lipinski definition) is 1. The highest BCUT2D eigenvalue weighted by Crippen LogP contribution is 2.39. The third-order valence-electron chi connectivity index (χ3n) is 5.58. The molecule has 1 N–H and O–H groups in total. The monoisotopic (exact) mass is 523 g/mol. The lowest BCUT2D eigenvalue weighted by Crippen LogP contribution is -2.39. The first kappa shape index (κ1) is 24.3. The van der Waals surface area contributed by atoms with Gasteiger partial charge >= 0.3 is 6.09 Å². The average Bonchev–Trinajstić information content (AvgIpc) is 3.22. The molecule has 5 rings (SSSR count). The second-order valence-corrected chi connectivity index (χ2v) is 10.9. The third-order valence-corrected chi connectivity index (χ3v) is 7.01. The summed E-state index contributed by atoms with van der Waals surface area (Å²) in [6, 6.07) is 11.2. The van der Waals surface area contributed by atoms with Crippen molar-refractivity contribution in [2.75, 3.05) is 11.9 Å². The van der Waals surface area contributed by atoms with Crippen LogP contribution >= 0.6 is 22.9 Å². The van der Waals surface area contributed by atoms with Gasteiger partial charge in [-0.1, -0.05) is 17.7 Å². The highest BCUT2D eigenvalue weighted by atomic mass is 35.5. The van der Waals surface area contributed by atoms with Gasteiger partial charge in [0.1, 0.15) is 34.9 Å². The Kier molecular flexibility index (Phi) is 6.68. The van der Waals surface area contributed by atoms with Gasteiger partial charge in [-0.25, -0.2) is 14.8 Å². The lowest BCUT2D eigenvalue weighted by molar-refractivity contribution is 0.0227. The Morgan fingerprint density at radius 1 is 1.19 bits per heavy atom. The van der Waals surface area contributed by atoms with Gasteiger partial charge in [-0.05, 0) is 63.1 Å². The number of carbonyl (C=O) groups excluding carboxylic acids is 1. The van der Waals surface area contributed by atoms with Crippen molar-refractivity contribution >= 4 is 50.8 Å². The first-order chi connectivity index (χ1) is 17.3. The average molecular weight is 524 g/mol. The van der Waals surface area contributed by atoms with Crippen molar-refractivity contribution in [1.29, 1.82) is 0 Å². The minimum Gasteiger partial charge on any atom is -0.486 e. The van der Waals surface area contributed by atoms with Gasteiger partial charge in [0.05, 0.1) is 22.6 Å². The van der Waals surface area contributed by atoms with Crippen molar-refractivity contribution < 1.29 is 14.3 Å². The van der Waals surface area contributed by atoms with Crippen LogP contribution in [0.1, 0.15) is 36.9 Å². The minimum absolute atomic E-state index is 0.296. The SMILES string of the molecule is CC(C)(C)OC(=O)N1CCc2c(sc3ncnc(Nc4ccc(OCc5ccccn5)c(Cl)c4)c23)C1. The zero-order valence-corrected chi connectivity index (χ0v) is 21.8. The number of fused-ring (bicyclic) bond motifs is 3. The quantitative estimate of drug-likeness (QED) is 0.325. The maximum Gasteiger partial charge on any atom is 0.410 e. The maximum absolute atomic E-state index is 12.6. The number of aromatic nitrogens is 3. The van der Waals surface area contributed by atoms with E-state index in [0.29, 0.717) is 42.7 Å². The number of benzene rings is 1. The minimum atomic E-state index is -0.527. The number of rotatable bonds is 5. The summed E-state index contributed by atoms with van der Waals surface area (Å²) in [5, 5.41) is 4.86. The number of nitrogens with zero attached hydrogens (tertiary/aromatic N) is 4. The second kappa shape index (κ2) is 9.91. The lowest BCUT2D eigenvalue weighted by Gasteiger charge is -2.30. The molecule has 36 heavy (non-hydrogen) atoms. The number of hydrogen-bond acceptors (Lipinski definition) is 8. The van der Waals surface area contributed by atoms with Crippen LogP contribution in [-0.2, 0) is 24.3 Å². The zero-order valence-electron chi connectivity index (χ0n) is 20.2. The fraction of sp³-hybridized carbons (Fsp3) is 0.308. The van der Waals surface area contributed by atoms with Gasteiger partial charge in [0.2, 0.25) is 0 Å². The van der Waals surface area contributed by atoms with E-state index >= 15 is 0 Å². The summed E-state index contributed by atoms with van der Waals surface area (Å²) in [5.74, 6) is 1.29. The van der Waals surface area contributed by atoms with Crippen molar-refractivity contribution in [1.82, 2.24) is 19.9 Å². The van der Waals surface area contributed by atoms with Crippen molar-refractivity contribution in [2.45, 2.75) is 45.9 Å². The van der Waals surface area contributed by atoms with Crippen molar-refractivity contribution in [3.05, 3.63) is 70.1 Å². The van der Waals surface area contributed by atoms with Crippen LogP contribution in [-0.4, -0.2) is 38.1 Å². The first-order valence-electron chi connectivity index (χ1n) is 11.6. The summed E-state index contributed by atoms with van der Waals surface area (Å²) < 4.78 is 11.4. The van der Waals surface area contributed by atoms with Crippen molar-refractivity contribution in [3.63, 3.8) is 0 Å². The van der Waals surface area contributed by atoms with Gasteiger partial charge in [0, 0.05) is 23.3 Å². The highest BCUT2D eigenvalue weighted by Gasteiger charge is 2.29. The number of carbonyl (C=O) groups is 1. The molecule has 1 aliphatic heterocycles. The summed E-state index contributed by atoms with van der Waals surface area (Å²) in [6.45, 7) is 7.03. The van der Waals surface area contributed by atoms with E-state index in [2.05, 4.69) is 20.3 Å². The number of pyridine rings is 1. The Balaban J connectivity index is 1.34. The Morgan fingerprint density at radius 3 is 2.81 bits per heavy atom. The molecular weight excluding hydrogens is 498 g/mol. The van der Waals surface area contributed by atoms with E-state index in [0.717, 1.165) is 26.5 Å². The molecule has 1 amide bonds. The van der Waals surface area contributed by atoms with Gasteiger partial charge < -0.3 is 19.7 Å². The van der Waals surface area contributed by atoms with Crippen LogP contribution in [0.25, 0.3) is 10.2 Å². The normalized spacial score (nSPS) is 13.4. The van der Waals surface area contributed by atoms with Crippen molar-refractivity contribution in [3.8, 4) is 5.75 Å². The number of amides is 1. The van der Waals surface area contributed by atoms with Crippen LogP contribution in [0.5, 0.6) is 5.75 Å². The zero-order chi connectivity index (χ0) is 25.3. The van der Waals surface area contributed by atoms with E-state index in [1.54, 1.807) is 28.8 Å².